The molecule has 2 aromatic rings. The van der Waals surface area contributed by atoms with E-state index < -0.39 is 28.0 Å². The Kier molecular flexibility index (Phi) is 8.04. The SMILES string of the molecule is O=C(NC1CCCCC1)[C@@H](c1ccccc1Cl)N(C(=O)C1CC(NS(=O)(=O)N2CC2)C1)c1cccc(F)c1. The Bertz CT molecular complexity index is 1290. The molecule has 5 rings (SSSR count). The zero-order valence-corrected chi connectivity index (χ0v) is 22.6. The van der Waals surface area contributed by atoms with Gasteiger partial charge >= 0.3 is 0 Å². The maximum absolute atomic E-state index is 14.4. The molecular weight excluding hydrogens is 531 g/mol. The van der Waals surface area contributed by atoms with Crippen molar-refractivity contribution < 1.29 is 22.4 Å². The van der Waals surface area contributed by atoms with Crippen molar-refractivity contribution in [2.24, 2.45) is 5.92 Å². The van der Waals surface area contributed by atoms with Crippen LogP contribution < -0.4 is 14.9 Å². The van der Waals surface area contributed by atoms with E-state index in [9.17, 15) is 22.4 Å². The number of nitrogens with one attached hydrogen (secondary N) is 2. The topological polar surface area (TPSA) is 98.6 Å². The lowest BCUT2D eigenvalue weighted by Crippen LogP contribution is -2.54. The van der Waals surface area contributed by atoms with Crippen LogP contribution >= 0.6 is 11.6 Å². The van der Waals surface area contributed by atoms with Crippen molar-refractivity contribution in [3.05, 3.63) is 64.9 Å². The summed E-state index contributed by atoms with van der Waals surface area (Å²) >= 11 is 6.56. The third-order valence-electron chi connectivity index (χ3n) is 7.53. The van der Waals surface area contributed by atoms with Gasteiger partial charge in [-0.25, -0.2) is 4.39 Å². The molecule has 2 N–H and O–H groups in total. The summed E-state index contributed by atoms with van der Waals surface area (Å²) in [5.41, 5.74) is 0.685. The average molecular weight is 563 g/mol. The van der Waals surface area contributed by atoms with Crippen molar-refractivity contribution in [3.8, 4) is 0 Å². The molecule has 204 valence electrons. The smallest absolute Gasteiger partial charge is 0.279 e. The second-order valence-corrected chi connectivity index (χ2v) is 12.5. The van der Waals surface area contributed by atoms with E-state index >= 15 is 0 Å². The minimum absolute atomic E-state index is 0.00869. The number of halogens is 2. The summed E-state index contributed by atoms with van der Waals surface area (Å²) in [6.07, 6.45) is 5.45. The minimum Gasteiger partial charge on any atom is -0.351 e. The highest BCUT2D eigenvalue weighted by molar-refractivity contribution is 7.87. The van der Waals surface area contributed by atoms with E-state index in [-0.39, 0.29) is 42.4 Å². The van der Waals surface area contributed by atoms with E-state index in [2.05, 4.69) is 10.0 Å². The molecule has 1 atom stereocenters. The van der Waals surface area contributed by atoms with E-state index in [1.807, 2.05) is 0 Å². The fourth-order valence-corrected chi connectivity index (χ4v) is 6.89. The zero-order valence-electron chi connectivity index (χ0n) is 21.0. The molecule has 1 heterocycles. The van der Waals surface area contributed by atoms with Gasteiger partial charge in [0.05, 0.1) is 0 Å². The van der Waals surface area contributed by atoms with Crippen molar-refractivity contribution >= 4 is 39.3 Å². The summed E-state index contributed by atoms with van der Waals surface area (Å²) in [7, 11) is -3.54. The van der Waals surface area contributed by atoms with E-state index in [0.717, 1.165) is 32.1 Å². The number of hydrogen-bond acceptors (Lipinski definition) is 4. The van der Waals surface area contributed by atoms with Gasteiger partial charge in [0.1, 0.15) is 11.9 Å². The van der Waals surface area contributed by atoms with Crippen LogP contribution in [-0.4, -0.2) is 49.7 Å². The first-order valence-corrected chi connectivity index (χ1v) is 15.0. The Morgan fingerprint density at radius 3 is 2.37 bits per heavy atom. The van der Waals surface area contributed by atoms with Crippen LogP contribution in [-0.2, 0) is 19.8 Å². The second kappa shape index (κ2) is 11.3. The molecule has 38 heavy (non-hydrogen) atoms. The predicted molar refractivity (Wildman–Crippen MR) is 143 cm³/mol. The minimum atomic E-state index is -3.54. The van der Waals surface area contributed by atoms with Crippen molar-refractivity contribution in [1.29, 1.82) is 0 Å². The molecule has 3 aliphatic rings. The van der Waals surface area contributed by atoms with E-state index in [1.54, 1.807) is 30.3 Å². The summed E-state index contributed by atoms with van der Waals surface area (Å²) in [4.78, 5) is 29.2. The highest BCUT2D eigenvalue weighted by atomic mass is 35.5. The molecule has 2 aliphatic carbocycles. The quantitative estimate of drug-likeness (QED) is 0.452. The molecule has 0 unspecified atom stereocenters. The maximum Gasteiger partial charge on any atom is 0.279 e. The summed E-state index contributed by atoms with van der Waals surface area (Å²) in [6.45, 7) is 0.987. The van der Waals surface area contributed by atoms with Gasteiger partial charge in [-0.1, -0.05) is 55.1 Å². The molecule has 2 amide bonds. The van der Waals surface area contributed by atoms with E-state index in [0.29, 0.717) is 23.7 Å². The molecule has 0 bridgehead atoms. The monoisotopic (exact) mass is 562 g/mol. The van der Waals surface area contributed by atoms with Crippen LogP contribution in [0.2, 0.25) is 5.02 Å². The van der Waals surface area contributed by atoms with Gasteiger partial charge in [0.25, 0.3) is 10.2 Å². The number of anilines is 1. The van der Waals surface area contributed by atoms with Gasteiger partial charge < -0.3 is 5.32 Å². The number of rotatable bonds is 9. The Hall–Kier alpha value is -2.53. The van der Waals surface area contributed by atoms with Crippen LogP contribution in [0, 0.1) is 11.7 Å². The van der Waals surface area contributed by atoms with Crippen LogP contribution in [0.1, 0.15) is 56.6 Å². The van der Waals surface area contributed by atoms with Gasteiger partial charge in [-0.2, -0.15) is 17.4 Å². The fraction of sp³-hybridized carbons (Fsp3) is 0.481. The average Bonchev–Trinajstić information content (AvgIpc) is 3.72. The Balaban J connectivity index is 1.45. The van der Waals surface area contributed by atoms with E-state index in [4.69, 9.17) is 11.6 Å². The van der Waals surface area contributed by atoms with Gasteiger partial charge in [-0.05, 0) is 49.9 Å². The van der Waals surface area contributed by atoms with Gasteiger partial charge in [-0.3, -0.25) is 14.5 Å². The van der Waals surface area contributed by atoms with Crippen molar-refractivity contribution in [1.82, 2.24) is 14.3 Å². The summed E-state index contributed by atoms with van der Waals surface area (Å²) in [5.74, 6) is -1.82. The van der Waals surface area contributed by atoms with E-state index in [1.165, 1.54) is 27.4 Å². The Morgan fingerprint density at radius 2 is 1.71 bits per heavy atom. The molecule has 1 aliphatic heterocycles. The van der Waals surface area contributed by atoms with Gasteiger partial charge in [-0.15, -0.1) is 0 Å². The van der Waals surface area contributed by atoms with Crippen LogP contribution in [0.3, 0.4) is 0 Å². The largest absolute Gasteiger partial charge is 0.351 e. The summed E-state index contributed by atoms with van der Waals surface area (Å²) in [5, 5.41) is 3.44. The molecule has 1 saturated heterocycles. The zero-order chi connectivity index (χ0) is 26.9. The number of carbonyl (C=O) groups is 2. The number of carbonyl (C=O) groups excluding carboxylic acids is 2. The van der Waals surface area contributed by atoms with Gasteiger partial charge in [0, 0.05) is 47.4 Å². The molecule has 2 aromatic carbocycles. The Labute approximate surface area is 227 Å². The Morgan fingerprint density at radius 1 is 1.00 bits per heavy atom. The predicted octanol–water partition coefficient (Wildman–Crippen LogP) is 3.93. The lowest BCUT2D eigenvalue weighted by Gasteiger charge is -2.40. The van der Waals surface area contributed by atoms with Crippen LogP contribution in [0.25, 0.3) is 0 Å². The molecule has 3 fully saturated rings. The lowest BCUT2D eigenvalue weighted by atomic mass is 9.79. The standard InChI is InChI=1S/C27H32ClFN4O4S/c28-24-12-5-4-11-23(24)25(26(34)30-20-8-2-1-3-9-20)33(22-10-6-7-19(29)17-22)27(35)18-15-21(16-18)31-38(36,37)32-13-14-32/h4-7,10-12,17-18,20-21,25,31H,1-3,8-9,13-16H2,(H,30,34)/t18?,21?,25-/m1/s1. The fourth-order valence-electron chi connectivity index (χ4n) is 5.33. The third kappa shape index (κ3) is 6.03. The summed E-state index contributed by atoms with van der Waals surface area (Å²) in [6, 6.07) is 11.0. The molecular formula is C27H32ClFN4O4S. The molecule has 8 nitrogen and oxygen atoms in total. The lowest BCUT2D eigenvalue weighted by molar-refractivity contribution is -0.130. The first-order valence-electron chi connectivity index (χ1n) is 13.1. The third-order valence-corrected chi connectivity index (χ3v) is 9.55. The normalized spacial score (nSPS) is 22.8. The first kappa shape index (κ1) is 27.1. The van der Waals surface area contributed by atoms with Gasteiger partial charge in [0.15, 0.2) is 0 Å². The van der Waals surface area contributed by atoms with Crippen LogP contribution in [0.4, 0.5) is 10.1 Å². The first-order chi connectivity index (χ1) is 18.2. The van der Waals surface area contributed by atoms with Crippen LogP contribution in [0.15, 0.2) is 48.5 Å². The molecule has 0 spiro atoms. The summed E-state index contributed by atoms with van der Waals surface area (Å²) < 4.78 is 42.9. The molecule has 0 radical (unpaired) electrons. The van der Waals surface area contributed by atoms with Crippen LogP contribution in [0.5, 0.6) is 0 Å². The highest BCUT2D eigenvalue weighted by Gasteiger charge is 2.45. The number of hydrogen-bond donors (Lipinski definition) is 2. The molecule has 2 saturated carbocycles. The van der Waals surface area contributed by atoms with Crippen molar-refractivity contribution in [2.45, 2.75) is 63.1 Å². The number of amides is 2. The molecule has 11 heteroatoms. The number of benzene rings is 2. The second-order valence-electron chi connectivity index (χ2n) is 10.3. The van der Waals surface area contributed by atoms with Gasteiger partial charge in [0.2, 0.25) is 11.8 Å². The van der Waals surface area contributed by atoms with Crippen molar-refractivity contribution in [3.63, 3.8) is 0 Å². The molecule has 0 aromatic heterocycles. The highest BCUT2D eigenvalue weighted by Crippen LogP contribution is 2.38. The van der Waals surface area contributed by atoms with Crippen molar-refractivity contribution in [2.75, 3.05) is 18.0 Å². The number of nitrogens with zero attached hydrogens (tertiary/aromatic N) is 2. The maximum atomic E-state index is 14.4.